The van der Waals surface area contributed by atoms with Gasteiger partial charge in [-0.25, -0.2) is 9.78 Å². The third kappa shape index (κ3) is 2.86. The molecule has 0 saturated carbocycles. The summed E-state index contributed by atoms with van der Waals surface area (Å²) in [4.78, 5) is 31.1. The number of phenolic OH excluding ortho intramolecular Hbond substituents is 1. The van der Waals surface area contributed by atoms with E-state index in [0.29, 0.717) is 16.7 Å². The Kier molecular flexibility index (Phi) is 4.08. The number of hydrogen-bond donors (Lipinski definition) is 4. The molecule has 4 aromatic rings. The number of hydrogen-bond acceptors (Lipinski definition) is 5. The lowest BCUT2D eigenvalue weighted by molar-refractivity contribution is 0.0687. The molecule has 0 spiro atoms. The van der Waals surface area contributed by atoms with Crippen LogP contribution in [0.3, 0.4) is 0 Å². The number of nitrogen functional groups attached to an aromatic ring is 1. The summed E-state index contributed by atoms with van der Waals surface area (Å²) in [6, 6.07) is 11.1. The first-order valence-electron chi connectivity index (χ1n) is 8.42. The van der Waals surface area contributed by atoms with Crippen molar-refractivity contribution in [2.75, 3.05) is 5.73 Å². The van der Waals surface area contributed by atoms with Crippen LogP contribution in [-0.2, 0) is 6.54 Å². The topological polar surface area (TPSA) is 134 Å². The van der Waals surface area contributed by atoms with Crippen LogP contribution >= 0.6 is 0 Å². The number of aromatic hydroxyl groups is 1. The largest absolute Gasteiger partial charge is 0.508 e. The molecule has 0 radical (unpaired) electrons. The summed E-state index contributed by atoms with van der Waals surface area (Å²) in [5.41, 5.74) is 7.07. The fraction of sp³-hybridized carbons (Fsp3) is 0.0500. The SMILES string of the molecule is Nc1cc(Cn2c(C(=O)O)c(-c3ccc[nH]c3=O)c3cc(O)ccc32)ccn1. The lowest BCUT2D eigenvalue weighted by Crippen LogP contribution is -2.13. The maximum atomic E-state index is 12.4. The maximum absolute atomic E-state index is 12.4. The minimum atomic E-state index is -1.18. The Morgan fingerprint density at radius 3 is 2.75 bits per heavy atom. The quantitative estimate of drug-likeness (QED) is 0.432. The van der Waals surface area contributed by atoms with Crippen LogP contribution in [0.25, 0.3) is 22.0 Å². The molecule has 0 bridgehead atoms. The number of pyridine rings is 2. The Bertz CT molecular complexity index is 1270. The van der Waals surface area contributed by atoms with Crippen LogP contribution in [-0.4, -0.2) is 30.7 Å². The molecular weight excluding hydrogens is 360 g/mol. The van der Waals surface area contributed by atoms with Gasteiger partial charge in [-0.15, -0.1) is 0 Å². The Balaban J connectivity index is 2.07. The Morgan fingerprint density at radius 1 is 1.21 bits per heavy atom. The fourth-order valence-electron chi connectivity index (χ4n) is 3.40. The molecule has 0 aliphatic heterocycles. The van der Waals surface area contributed by atoms with Crippen LogP contribution in [0.4, 0.5) is 5.82 Å². The van der Waals surface area contributed by atoms with E-state index in [2.05, 4.69) is 9.97 Å². The van der Waals surface area contributed by atoms with Gasteiger partial charge in [0.2, 0.25) is 0 Å². The number of aromatic carboxylic acids is 1. The summed E-state index contributed by atoms with van der Waals surface area (Å²) < 4.78 is 1.59. The van der Waals surface area contributed by atoms with Crippen molar-refractivity contribution in [1.82, 2.24) is 14.5 Å². The molecule has 0 amide bonds. The zero-order chi connectivity index (χ0) is 19.8. The standard InChI is InChI=1S/C20H16N4O4/c21-16-8-11(5-7-22-16)10-24-15-4-3-12(25)9-14(15)17(18(24)20(27)28)13-2-1-6-23-19(13)26/h1-9,25H,10H2,(H2,21,22)(H,23,26)(H,27,28). The van der Waals surface area contributed by atoms with Crippen LogP contribution in [0.1, 0.15) is 16.1 Å². The Labute approximate surface area is 158 Å². The first-order chi connectivity index (χ1) is 13.5. The van der Waals surface area contributed by atoms with Gasteiger partial charge in [0.05, 0.1) is 0 Å². The third-order valence-corrected chi connectivity index (χ3v) is 4.52. The number of benzene rings is 1. The third-order valence-electron chi connectivity index (χ3n) is 4.52. The average Bonchev–Trinajstić information content (AvgIpc) is 2.95. The van der Waals surface area contributed by atoms with Crippen molar-refractivity contribution in [1.29, 1.82) is 0 Å². The number of phenols is 1. The molecule has 0 unspecified atom stereocenters. The molecule has 3 heterocycles. The highest BCUT2D eigenvalue weighted by molar-refractivity contribution is 6.08. The molecule has 4 rings (SSSR count). The summed E-state index contributed by atoms with van der Waals surface area (Å²) >= 11 is 0. The zero-order valence-corrected chi connectivity index (χ0v) is 14.6. The van der Waals surface area contributed by atoms with Gasteiger partial charge in [-0.1, -0.05) is 0 Å². The molecule has 0 aliphatic carbocycles. The van der Waals surface area contributed by atoms with Crippen LogP contribution in [0.2, 0.25) is 0 Å². The van der Waals surface area contributed by atoms with Crippen molar-refractivity contribution in [2.45, 2.75) is 6.54 Å². The van der Waals surface area contributed by atoms with Crippen LogP contribution < -0.4 is 11.3 Å². The van der Waals surface area contributed by atoms with Crippen molar-refractivity contribution in [3.63, 3.8) is 0 Å². The van der Waals surface area contributed by atoms with Crippen molar-refractivity contribution >= 4 is 22.7 Å². The number of carboxylic acids is 1. The molecule has 0 saturated heterocycles. The number of carboxylic acid groups (broad SMARTS) is 1. The van der Waals surface area contributed by atoms with Gasteiger partial charge < -0.3 is 25.5 Å². The second-order valence-corrected chi connectivity index (χ2v) is 6.32. The predicted molar refractivity (Wildman–Crippen MR) is 104 cm³/mol. The summed E-state index contributed by atoms with van der Waals surface area (Å²) in [5, 5.41) is 20.4. The smallest absolute Gasteiger partial charge is 0.353 e. The normalized spacial score (nSPS) is 11.0. The van der Waals surface area contributed by atoms with Gasteiger partial charge in [0.15, 0.2) is 0 Å². The van der Waals surface area contributed by atoms with E-state index >= 15 is 0 Å². The number of nitrogens with two attached hydrogens (primary N) is 1. The summed E-state index contributed by atoms with van der Waals surface area (Å²) in [6.45, 7) is 0.209. The molecular formula is C20H16N4O4. The molecule has 8 heteroatoms. The Morgan fingerprint density at radius 2 is 2.04 bits per heavy atom. The first-order valence-corrected chi connectivity index (χ1v) is 8.42. The predicted octanol–water partition coefficient (Wildman–Crippen LogP) is 2.43. The molecule has 8 nitrogen and oxygen atoms in total. The van der Waals surface area contributed by atoms with Gasteiger partial charge in [-0.05, 0) is 48.0 Å². The number of H-pyrrole nitrogens is 1. The highest BCUT2D eigenvalue weighted by Crippen LogP contribution is 2.36. The number of fused-ring (bicyclic) bond motifs is 1. The van der Waals surface area contributed by atoms with Crippen molar-refractivity contribution in [3.8, 4) is 16.9 Å². The number of aromatic amines is 1. The van der Waals surface area contributed by atoms with Crippen molar-refractivity contribution in [3.05, 3.63) is 76.5 Å². The molecule has 1 aromatic carbocycles. The summed E-state index contributed by atoms with van der Waals surface area (Å²) in [5.74, 6) is -0.887. The van der Waals surface area contributed by atoms with Gasteiger partial charge in [0.25, 0.3) is 5.56 Å². The maximum Gasteiger partial charge on any atom is 0.353 e. The monoisotopic (exact) mass is 376 g/mol. The van der Waals surface area contributed by atoms with E-state index in [1.807, 2.05) is 0 Å². The average molecular weight is 376 g/mol. The van der Waals surface area contributed by atoms with Crippen LogP contribution in [0, 0.1) is 0 Å². The lowest BCUT2D eigenvalue weighted by atomic mass is 10.0. The minimum Gasteiger partial charge on any atom is -0.508 e. The van der Waals surface area contributed by atoms with E-state index in [1.165, 1.54) is 18.3 Å². The van der Waals surface area contributed by atoms with Crippen molar-refractivity contribution in [2.24, 2.45) is 0 Å². The van der Waals surface area contributed by atoms with Crippen molar-refractivity contribution < 1.29 is 15.0 Å². The zero-order valence-electron chi connectivity index (χ0n) is 14.6. The molecule has 28 heavy (non-hydrogen) atoms. The number of rotatable bonds is 4. The van der Waals surface area contributed by atoms with Gasteiger partial charge in [-0.3, -0.25) is 4.79 Å². The minimum absolute atomic E-state index is 0.0247. The fourth-order valence-corrected chi connectivity index (χ4v) is 3.40. The van der Waals surface area contributed by atoms with Crippen LogP contribution in [0.5, 0.6) is 5.75 Å². The van der Waals surface area contributed by atoms with Gasteiger partial charge in [0.1, 0.15) is 17.3 Å². The van der Waals surface area contributed by atoms with Gasteiger partial charge >= 0.3 is 5.97 Å². The molecule has 3 aromatic heterocycles. The summed E-state index contributed by atoms with van der Waals surface area (Å²) in [6.07, 6.45) is 3.02. The highest BCUT2D eigenvalue weighted by atomic mass is 16.4. The summed E-state index contributed by atoms with van der Waals surface area (Å²) in [7, 11) is 0. The second kappa shape index (κ2) is 6.58. The number of anilines is 1. The number of nitrogens with one attached hydrogen (secondary N) is 1. The second-order valence-electron chi connectivity index (χ2n) is 6.32. The van der Waals surface area contributed by atoms with E-state index in [9.17, 15) is 19.8 Å². The molecule has 5 N–H and O–H groups in total. The molecule has 0 atom stereocenters. The van der Waals surface area contributed by atoms with Crippen LogP contribution in [0.15, 0.2) is 59.7 Å². The lowest BCUT2D eigenvalue weighted by Gasteiger charge is -2.10. The van der Waals surface area contributed by atoms with E-state index in [4.69, 9.17) is 5.73 Å². The number of nitrogens with zero attached hydrogens (tertiary/aromatic N) is 2. The number of aromatic nitrogens is 3. The van der Waals surface area contributed by atoms with E-state index < -0.39 is 11.5 Å². The molecule has 0 fully saturated rings. The molecule has 0 aliphatic rings. The van der Waals surface area contributed by atoms with E-state index in [1.54, 1.807) is 41.1 Å². The van der Waals surface area contributed by atoms with Gasteiger partial charge in [-0.2, -0.15) is 0 Å². The first kappa shape index (κ1) is 17.3. The Hall–Kier alpha value is -4.07. The molecule has 140 valence electrons. The highest BCUT2D eigenvalue weighted by Gasteiger charge is 2.25. The number of carbonyl (C=O) groups is 1. The van der Waals surface area contributed by atoms with Gasteiger partial charge in [0, 0.05) is 41.0 Å². The van der Waals surface area contributed by atoms with E-state index in [-0.39, 0.29) is 29.1 Å². The van der Waals surface area contributed by atoms with E-state index in [0.717, 1.165) is 5.56 Å².